The Bertz CT molecular complexity index is 677. The van der Waals surface area contributed by atoms with E-state index >= 15 is 0 Å². The lowest BCUT2D eigenvalue weighted by Crippen LogP contribution is -2.26. The summed E-state index contributed by atoms with van der Waals surface area (Å²) in [7, 11) is 0. The van der Waals surface area contributed by atoms with E-state index in [0.717, 1.165) is 24.3 Å². The molecule has 0 fully saturated rings. The Hall–Kier alpha value is -2.18. The number of hydrogen-bond acceptors (Lipinski definition) is 1. The summed E-state index contributed by atoms with van der Waals surface area (Å²) in [6.45, 7) is 1.54. The lowest BCUT2D eigenvalue weighted by Gasteiger charge is -2.16. The summed E-state index contributed by atoms with van der Waals surface area (Å²) >= 11 is 0. The number of hydrogen-bond donors (Lipinski definition) is 1. The molecule has 0 radical (unpaired) electrons. The van der Waals surface area contributed by atoms with E-state index < -0.39 is 23.6 Å². The lowest BCUT2D eigenvalue weighted by molar-refractivity contribution is -0.137. The average molecular weight is 333 g/mol. The fourth-order valence-corrected chi connectivity index (χ4v) is 2.13. The quantitative estimate of drug-likeness (QED) is 0.713. The summed E-state index contributed by atoms with van der Waals surface area (Å²) in [4.78, 5) is 0. The minimum absolute atomic E-state index is 0.0688. The van der Waals surface area contributed by atoms with Crippen molar-refractivity contribution in [3.63, 3.8) is 0 Å². The van der Waals surface area contributed by atoms with Crippen molar-refractivity contribution < 1.29 is 26.3 Å². The smallest absolute Gasteiger partial charge is 0.378 e. The van der Waals surface area contributed by atoms with Crippen molar-refractivity contribution in [1.29, 1.82) is 0 Å². The second-order valence-corrected chi connectivity index (χ2v) is 5.01. The molecule has 124 valence electrons. The maximum Gasteiger partial charge on any atom is 0.430 e. The topological polar surface area (TPSA) is 12.0 Å². The van der Waals surface area contributed by atoms with E-state index in [1.54, 1.807) is 6.92 Å². The summed E-state index contributed by atoms with van der Waals surface area (Å²) in [6, 6.07) is 3.20. The van der Waals surface area contributed by atoms with Gasteiger partial charge in [-0.25, -0.2) is 0 Å². The van der Waals surface area contributed by atoms with Gasteiger partial charge in [0.25, 0.3) is 0 Å². The van der Waals surface area contributed by atoms with Gasteiger partial charge in [-0.05, 0) is 41.8 Å². The van der Waals surface area contributed by atoms with Gasteiger partial charge in [-0.3, -0.25) is 0 Å². The van der Waals surface area contributed by atoms with Gasteiger partial charge in [0.05, 0.1) is 5.56 Å². The number of nitrogens with one attached hydrogen (secondary N) is 1. The van der Waals surface area contributed by atoms with Crippen molar-refractivity contribution >= 4 is 5.57 Å². The summed E-state index contributed by atoms with van der Waals surface area (Å²) in [5, 5.41) is 2.21. The minimum atomic E-state index is -4.55. The van der Waals surface area contributed by atoms with E-state index in [1.165, 1.54) is 18.2 Å². The Morgan fingerprint density at radius 3 is 2.26 bits per heavy atom. The molecule has 1 aromatic rings. The van der Waals surface area contributed by atoms with Crippen molar-refractivity contribution in [3.8, 4) is 0 Å². The zero-order chi connectivity index (χ0) is 17.3. The highest BCUT2D eigenvalue weighted by Crippen LogP contribution is 2.33. The van der Waals surface area contributed by atoms with E-state index in [0.29, 0.717) is 5.56 Å². The van der Waals surface area contributed by atoms with Crippen LogP contribution < -0.4 is 5.32 Å². The van der Waals surface area contributed by atoms with Crippen molar-refractivity contribution in [2.24, 2.45) is 0 Å². The van der Waals surface area contributed by atoms with Crippen LogP contribution in [0.2, 0.25) is 0 Å². The molecule has 0 saturated carbocycles. The maximum absolute atomic E-state index is 12.8. The van der Waals surface area contributed by atoms with Crippen molar-refractivity contribution in [2.45, 2.75) is 19.3 Å². The van der Waals surface area contributed by atoms with Crippen LogP contribution in [0.4, 0.5) is 26.3 Å². The van der Waals surface area contributed by atoms with Gasteiger partial charge >= 0.3 is 12.4 Å². The number of allylic oxidation sites excluding steroid dienone is 5. The minimum Gasteiger partial charge on any atom is -0.378 e. The van der Waals surface area contributed by atoms with Gasteiger partial charge in [-0.2, -0.15) is 26.3 Å². The van der Waals surface area contributed by atoms with Gasteiger partial charge in [-0.1, -0.05) is 24.3 Å². The highest BCUT2D eigenvalue weighted by atomic mass is 19.4. The molecule has 0 spiro atoms. The molecule has 23 heavy (non-hydrogen) atoms. The number of benzene rings is 1. The molecule has 0 atom stereocenters. The standard InChI is InChI=1S/C16H13F6N/c1-10-4-6-12(15(17,18)19)9-13(10)11-3-2-8-23-14(7-5-11)16(20,21)22/h2-7,9,23H,8H2,1H3/b3-2+,11-5+,14-7-. The fraction of sp³-hybridized carbons (Fsp3) is 0.250. The van der Waals surface area contributed by atoms with Gasteiger partial charge in [0.2, 0.25) is 0 Å². The SMILES string of the molecule is Cc1ccc(C(F)(F)F)cc1C1=C/C=C(/C(F)(F)F)NC\C=C\1. The molecule has 1 nitrogen and oxygen atoms in total. The van der Waals surface area contributed by atoms with Crippen LogP contribution in [0.1, 0.15) is 16.7 Å². The molecular formula is C16H13F6N. The predicted octanol–water partition coefficient (Wildman–Crippen LogP) is 5.00. The zero-order valence-corrected chi connectivity index (χ0v) is 12.0. The molecule has 1 aliphatic heterocycles. The average Bonchev–Trinajstić information content (AvgIpc) is 2.37. The molecule has 1 heterocycles. The third kappa shape index (κ3) is 4.18. The van der Waals surface area contributed by atoms with Gasteiger partial charge in [-0.15, -0.1) is 0 Å². The van der Waals surface area contributed by atoms with E-state index in [2.05, 4.69) is 5.32 Å². The summed E-state index contributed by atoms with van der Waals surface area (Å²) < 4.78 is 76.7. The number of rotatable bonds is 1. The molecule has 0 saturated heterocycles. The predicted molar refractivity (Wildman–Crippen MR) is 75.4 cm³/mol. The largest absolute Gasteiger partial charge is 0.430 e. The number of aryl methyl sites for hydroxylation is 1. The molecule has 1 aromatic carbocycles. The van der Waals surface area contributed by atoms with E-state index in [-0.39, 0.29) is 17.7 Å². The molecule has 0 bridgehead atoms. The van der Waals surface area contributed by atoms with E-state index in [4.69, 9.17) is 0 Å². The Morgan fingerprint density at radius 1 is 0.957 bits per heavy atom. The summed E-state index contributed by atoms with van der Waals surface area (Å²) in [5.74, 6) is 0. The first-order valence-electron chi connectivity index (χ1n) is 6.67. The van der Waals surface area contributed by atoms with Crippen molar-refractivity contribution in [2.75, 3.05) is 6.54 Å². The Balaban J connectivity index is 2.51. The molecule has 7 heteroatoms. The van der Waals surface area contributed by atoms with Crippen LogP contribution in [0.25, 0.3) is 5.57 Å². The van der Waals surface area contributed by atoms with Crippen LogP contribution in [0.3, 0.4) is 0 Å². The third-order valence-corrected chi connectivity index (χ3v) is 3.32. The Morgan fingerprint density at radius 2 is 1.65 bits per heavy atom. The monoisotopic (exact) mass is 333 g/mol. The first-order valence-corrected chi connectivity index (χ1v) is 6.67. The second kappa shape index (κ2) is 6.14. The summed E-state index contributed by atoms with van der Waals surface area (Å²) in [5.41, 5.74) is -0.700. The molecule has 2 rings (SSSR count). The normalized spacial score (nSPS) is 22.0. The van der Waals surface area contributed by atoms with Crippen LogP contribution in [-0.2, 0) is 6.18 Å². The van der Waals surface area contributed by atoms with Gasteiger partial charge in [0.15, 0.2) is 0 Å². The van der Waals surface area contributed by atoms with Gasteiger partial charge in [0, 0.05) is 6.54 Å². The molecule has 0 amide bonds. The van der Waals surface area contributed by atoms with Crippen molar-refractivity contribution in [1.82, 2.24) is 5.32 Å². The molecule has 0 aliphatic carbocycles. The first kappa shape index (κ1) is 17.2. The van der Waals surface area contributed by atoms with Crippen LogP contribution in [0, 0.1) is 6.92 Å². The third-order valence-electron chi connectivity index (χ3n) is 3.32. The van der Waals surface area contributed by atoms with Crippen LogP contribution >= 0.6 is 0 Å². The molecule has 0 aromatic heterocycles. The highest BCUT2D eigenvalue weighted by Gasteiger charge is 2.33. The fourth-order valence-electron chi connectivity index (χ4n) is 2.13. The molecule has 1 N–H and O–H groups in total. The number of halogens is 6. The zero-order valence-electron chi connectivity index (χ0n) is 12.0. The van der Waals surface area contributed by atoms with E-state index in [1.807, 2.05) is 0 Å². The van der Waals surface area contributed by atoms with Gasteiger partial charge in [0.1, 0.15) is 5.70 Å². The molecular weight excluding hydrogens is 320 g/mol. The highest BCUT2D eigenvalue weighted by molar-refractivity contribution is 5.77. The van der Waals surface area contributed by atoms with E-state index in [9.17, 15) is 26.3 Å². The molecule has 1 aliphatic rings. The van der Waals surface area contributed by atoms with Crippen LogP contribution in [0.15, 0.2) is 48.2 Å². The molecule has 0 unspecified atom stereocenters. The summed E-state index contributed by atoms with van der Waals surface area (Å²) in [6.07, 6.45) is -4.13. The van der Waals surface area contributed by atoms with Gasteiger partial charge < -0.3 is 5.32 Å². The maximum atomic E-state index is 12.8. The first-order chi connectivity index (χ1) is 10.6. The lowest BCUT2D eigenvalue weighted by atomic mass is 9.96. The van der Waals surface area contributed by atoms with Crippen LogP contribution in [-0.4, -0.2) is 12.7 Å². The second-order valence-electron chi connectivity index (χ2n) is 5.01. The number of alkyl halides is 6. The Labute approximate surface area is 129 Å². The van der Waals surface area contributed by atoms with Crippen molar-refractivity contribution in [3.05, 3.63) is 64.9 Å². The van der Waals surface area contributed by atoms with Crippen LogP contribution in [0.5, 0.6) is 0 Å². The Kier molecular flexibility index (Phi) is 4.58.